The maximum Gasteiger partial charge on any atom is 0.416 e. The number of ether oxygens (including phenoxy) is 2. The summed E-state index contributed by atoms with van der Waals surface area (Å²) in [6.45, 7) is 0.0614. The molecule has 1 amide bonds. The SMILES string of the molecule is O=C(Nc1cccc(C(F)(F)F)c1)OCCOc1ccc(-c2ccccc2)cc1. The minimum Gasteiger partial charge on any atom is -0.490 e. The maximum atomic E-state index is 12.7. The van der Waals surface area contributed by atoms with Crippen LogP contribution in [0.4, 0.5) is 23.7 Å². The van der Waals surface area contributed by atoms with Crippen LogP contribution in [0, 0.1) is 0 Å². The average molecular weight is 401 g/mol. The van der Waals surface area contributed by atoms with E-state index in [1.54, 1.807) is 0 Å². The molecule has 0 aliphatic rings. The predicted molar refractivity (Wildman–Crippen MR) is 104 cm³/mol. The van der Waals surface area contributed by atoms with Gasteiger partial charge in [0.25, 0.3) is 0 Å². The van der Waals surface area contributed by atoms with Crippen LogP contribution in [-0.4, -0.2) is 19.3 Å². The molecule has 29 heavy (non-hydrogen) atoms. The topological polar surface area (TPSA) is 47.6 Å². The van der Waals surface area contributed by atoms with Gasteiger partial charge in [0.1, 0.15) is 19.0 Å². The summed E-state index contributed by atoms with van der Waals surface area (Å²) in [7, 11) is 0. The molecule has 0 saturated heterocycles. The first-order valence-electron chi connectivity index (χ1n) is 8.81. The van der Waals surface area contributed by atoms with Gasteiger partial charge in [0.2, 0.25) is 0 Å². The number of carbonyl (C=O) groups is 1. The zero-order chi connectivity index (χ0) is 20.7. The number of halogens is 3. The van der Waals surface area contributed by atoms with Crippen LogP contribution in [0.2, 0.25) is 0 Å². The second-order valence-electron chi connectivity index (χ2n) is 6.08. The summed E-state index contributed by atoms with van der Waals surface area (Å²) in [5.74, 6) is 0.617. The molecular formula is C22H18F3NO3. The van der Waals surface area contributed by atoms with Gasteiger partial charge in [0.05, 0.1) is 5.56 Å². The highest BCUT2D eigenvalue weighted by molar-refractivity contribution is 5.84. The van der Waals surface area contributed by atoms with E-state index in [9.17, 15) is 18.0 Å². The molecule has 0 bridgehead atoms. The molecule has 1 N–H and O–H groups in total. The normalized spacial score (nSPS) is 11.0. The first kappa shape index (κ1) is 20.3. The van der Waals surface area contributed by atoms with Crippen LogP contribution in [0.15, 0.2) is 78.9 Å². The van der Waals surface area contributed by atoms with Crippen molar-refractivity contribution in [3.8, 4) is 16.9 Å². The molecular weight excluding hydrogens is 383 g/mol. The predicted octanol–water partition coefficient (Wildman–Crippen LogP) is 6.00. The summed E-state index contributed by atoms with van der Waals surface area (Å²) in [6, 6.07) is 21.7. The van der Waals surface area contributed by atoms with Gasteiger partial charge in [0.15, 0.2) is 0 Å². The van der Waals surface area contributed by atoms with E-state index in [1.165, 1.54) is 12.1 Å². The average Bonchev–Trinajstić information content (AvgIpc) is 2.72. The molecule has 150 valence electrons. The second kappa shape index (κ2) is 9.14. The minimum absolute atomic E-state index is 0.00208. The maximum absolute atomic E-state index is 12.7. The number of rotatable bonds is 6. The zero-order valence-corrected chi connectivity index (χ0v) is 15.3. The highest BCUT2D eigenvalue weighted by Crippen LogP contribution is 2.30. The molecule has 0 unspecified atom stereocenters. The molecule has 4 nitrogen and oxygen atoms in total. The number of nitrogens with one attached hydrogen (secondary N) is 1. The lowest BCUT2D eigenvalue weighted by Crippen LogP contribution is -2.18. The number of amides is 1. The van der Waals surface area contributed by atoms with Crippen molar-refractivity contribution in [1.29, 1.82) is 0 Å². The van der Waals surface area contributed by atoms with Crippen LogP contribution < -0.4 is 10.1 Å². The summed E-state index contributed by atoms with van der Waals surface area (Å²) in [6.07, 6.45) is -5.33. The second-order valence-corrected chi connectivity index (χ2v) is 6.08. The smallest absolute Gasteiger partial charge is 0.416 e. The molecule has 0 radical (unpaired) electrons. The molecule has 7 heteroatoms. The third kappa shape index (κ3) is 6.00. The van der Waals surface area contributed by atoms with Crippen molar-refractivity contribution in [2.24, 2.45) is 0 Å². The van der Waals surface area contributed by atoms with Crippen molar-refractivity contribution < 1.29 is 27.4 Å². The van der Waals surface area contributed by atoms with Gasteiger partial charge in [-0.2, -0.15) is 13.2 Å². The van der Waals surface area contributed by atoms with Crippen LogP contribution in [0.25, 0.3) is 11.1 Å². The third-order valence-corrected chi connectivity index (χ3v) is 3.98. The Morgan fingerprint density at radius 2 is 1.52 bits per heavy atom. The van der Waals surface area contributed by atoms with E-state index >= 15 is 0 Å². The molecule has 0 aliphatic heterocycles. The molecule has 0 aliphatic carbocycles. The van der Waals surface area contributed by atoms with E-state index in [-0.39, 0.29) is 18.9 Å². The van der Waals surface area contributed by atoms with Crippen LogP contribution in [0.3, 0.4) is 0 Å². The molecule has 3 rings (SSSR count). The molecule has 3 aromatic carbocycles. The van der Waals surface area contributed by atoms with Gasteiger partial charge in [-0.1, -0.05) is 48.5 Å². The van der Waals surface area contributed by atoms with Crippen LogP contribution in [0.1, 0.15) is 5.56 Å². The van der Waals surface area contributed by atoms with Crippen molar-refractivity contribution >= 4 is 11.8 Å². The Bertz CT molecular complexity index is 942. The lowest BCUT2D eigenvalue weighted by molar-refractivity contribution is -0.137. The summed E-state index contributed by atoms with van der Waals surface area (Å²) < 4.78 is 48.5. The van der Waals surface area contributed by atoms with Gasteiger partial charge in [0, 0.05) is 5.69 Å². The van der Waals surface area contributed by atoms with Crippen molar-refractivity contribution in [2.75, 3.05) is 18.5 Å². The Labute approximate surface area is 165 Å². The Morgan fingerprint density at radius 1 is 0.828 bits per heavy atom. The van der Waals surface area contributed by atoms with E-state index in [0.717, 1.165) is 23.3 Å². The van der Waals surface area contributed by atoms with Gasteiger partial charge in [-0.05, 0) is 41.5 Å². The van der Waals surface area contributed by atoms with E-state index in [1.807, 2.05) is 54.6 Å². The molecule has 0 atom stereocenters. The fourth-order valence-electron chi connectivity index (χ4n) is 2.60. The highest BCUT2D eigenvalue weighted by atomic mass is 19.4. The Kier molecular flexibility index (Phi) is 6.39. The van der Waals surface area contributed by atoms with Gasteiger partial charge in [-0.15, -0.1) is 0 Å². The Hall–Kier alpha value is -3.48. The summed E-state index contributed by atoms with van der Waals surface area (Å²) >= 11 is 0. The molecule has 0 spiro atoms. The number of hydrogen-bond acceptors (Lipinski definition) is 3. The van der Waals surface area contributed by atoms with E-state index in [4.69, 9.17) is 9.47 Å². The Balaban J connectivity index is 1.43. The first-order chi connectivity index (χ1) is 13.9. The van der Waals surface area contributed by atoms with Gasteiger partial charge in [-0.25, -0.2) is 4.79 Å². The summed E-state index contributed by atoms with van der Waals surface area (Å²) in [4.78, 5) is 11.7. The largest absolute Gasteiger partial charge is 0.490 e. The third-order valence-electron chi connectivity index (χ3n) is 3.98. The molecule has 0 heterocycles. The lowest BCUT2D eigenvalue weighted by atomic mass is 10.1. The highest BCUT2D eigenvalue weighted by Gasteiger charge is 2.30. The summed E-state index contributed by atoms with van der Waals surface area (Å²) in [5, 5.41) is 2.26. The van der Waals surface area contributed by atoms with Crippen molar-refractivity contribution in [3.05, 3.63) is 84.4 Å². The number of alkyl halides is 3. The van der Waals surface area contributed by atoms with E-state index in [0.29, 0.717) is 5.75 Å². The van der Waals surface area contributed by atoms with E-state index < -0.39 is 17.8 Å². The number of hydrogen-bond donors (Lipinski definition) is 1. The first-order valence-corrected chi connectivity index (χ1v) is 8.81. The molecule has 3 aromatic rings. The van der Waals surface area contributed by atoms with Crippen molar-refractivity contribution in [2.45, 2.75) is 6.18 Å². The standard InChI is InChI=1S/C22H18F3NO3/c23-22(24,25)18-7-4-8-19(15-18)26-21(27)29-14-13-28-20-11-9-17(10-12-20)16-5-2-1-3-6-16/h1-12,15H,13-14H2,(H,26,27). The number of carbonyl (C=O) groups excluding carboxylic acids is 1. The number of benzene rings is 3. The van der Waals surface area contributed by atoms with Gasteiger partial charge >= 0.3 is 12.3 Å². The van der Waals surface area contributed by atoms with Gasteiger partial charge in [-0.3, -0.25) is 5.32 Å². The van der Waals surface area contributed by atoms with Crippen molar-refractivity contribution in [1.82, 2.24) is 0 Å². The molecule has 0 aromatic heterocycles. The zero-order valence-electron chi connectivity index (χ0n) is 15.3. The van der Waals surface area contributed by atoms with Crippen LogP contribution >= 0.6 is 0 Å². The fourth-order valence-corrected chi connectivity index (χ4v) is 2.60. The summed E-state index contributed by atoms with van der Waals surface area (Å²) in [5.41, 5.74) is 1.29. The van der Waals surface area contributed by atoms with Crippen LogP contribution in [-0.2, 0) is 10.9 Å². The fraction of sp³-hybridized carbons (Fsp3) is 0.136. The minimum atomic E-state index is -4.48. The monoisotopic (exact) mass is 401 g/mol. The van der Waals surface area contributed by atoms with Gasteiger partial charge < -0.3 is 9.47 Å². The van der Waals surface area contributed by atoms with E-state index in [2.05, 4.69) is 5.32 Å². The van der Waals surface area contributed by atoms with Crippen molar-refractivity contribution in [3.63, 3.8) is 0 Å². The molecule has 0 fully saturated rings. The quantitative estimate of drug-likeness (QED) is 0.516. The molecule has 0 saturated carbocycles. The number of anilines is 1. The lowest BCUT2D eigenvalue weighted by Gasteiger charge is -2.11. The Morgan fingerprint density at radius 3 is 2.21 bits per heavy atom. The van der Waals surface area contributed by atoms with Crippen LogP contribution in [0.5, 0.6) is 5.75 Å².